The van der Waals surface area contributed by atoms with Crippen molar-refractivity contribution in [2.45, 2.75) is 12.8 Å². The molecule has 2 heterocycles. The molecule has 0 bridgehead atoms. The summed E-state index contributed by atoms with van der Waals surface area (Å²) in [5.41, 5.74) is 6.36. The van der Waals surface area contributed by atoms with Gasteiger partial charge in [0, 0.05) is 44.4 Å². The largest absolute Gasteiger partial charge is 0.486 e. The van der Waals surface area contributed by atoms with Crippen molar-refractivity contribution in [3.05, 3.63) is 18.2 Å². The van der Waals surface area contributed by atoms with Crippen LogP contribution in [0.15, 0.2) is 18.2 Å². The summed E-state index contributed by atoms with van der Waals surface area (Å²) >= 11 is 0. The Morgan fingerprint density at radius 2 is 1.82 bits per heavy atom. The van der Waals surface area contributed by atoms with Gasteiger partial charge in [0.05, 0.1) is 0 Å². The summed E-state index contributed by atoms with van der Waals surface area (Å²) in [5, 5.41) is 0. The van der Waals surface area contributed by atoms with Crippen LogP contribution in [0.5, 0.6) is 11.5 Å². The smallest absolute Gasteiger partial charge is 0.217 e. The molecular formula is C16H23N3O3. The van der Waals surface area contributed by atoms with E-state index in [4.69, 9.17) is 15.2 Å². The van der Waals surface area contributed by atoms with Crippen LogP contribution >= 0.6 is 0 Å². The zero-order valence-electron chi connectivity index (χ0n) is 12.8. The second-order valence-corrected chi connectivity index (χ2v) is 5.73. The number of benzene rings is 1. The molecule has 22 heavy (non-hydrogen) atoms. The summed E-state index contributed by atoms with van der Waals surface area (Å²) in [6, 6.07) is 6.15. The highest BCUT2D eigenvalue weighted by Crippen LogP contribution is 2.34. The second-order valence-electron chi connectivity index (χ2n) is 5.73. The molecule has 0 atom stereocenters. The summed E-state index contributed by atoms with van der Waals surface area (Å²) in [7, 11) is 0. The molecule has 0 saturated carbocycles. The lowest BCUT2D eigenvalue weighted by molar-refractivity contribution is -0.118. The van der Waals surface area contributed by atoms with Crippen molar-refractivity contribution in [1.29, 1.82) is 0 Å². The van der Waals surface area contributed by atoms with Gasteiger partial charge in [-0.25, -0.2) is 0 Å². The van der Waals surface area contributed by atoms with Gasteiger partial charge in [-0.3, -0.25) is 9.69 Å². The van der Waals surface area contributed by atoms with Crippen LogP contribution in [0.2, 0.25) is 0 Å². The lowest BCUT2D eigenvalue weighted by Gasteiger charge is -2.36. The van der Waals surface area contributed by atoms with Gasteiger partial charge in [-0.2, -0.15) is 0 Å². The van der Waals surface area contributed by atoms with Crippen molar-refractivity contribution < 1.29 is 14.3 Å². The molecule has 1 amide bonds. The Bertz CT molecular complexity index is 527. The number of hydrogen-bond acceptors (Lipinski definition) is 5. The molecule has 6 nitrogen and oxygen atoms in total. The fraction of sp³-hybridized carbons (Fsp3) is 0.562. The number of nitrogens with zero attached hydrogens (tertiary/aromatic N) is 2. The minimum absolute atomic E-state index is 0.213. The zero-order valence-corrected chi connectivity index (χ0v) is 12.8. The van der Waals surface area contributed by atoms with Crippen LogP contribution in [0.1, 0.15) is 12.8 Å². The first-order chi connectivity index (χ1) is 10.7. The molecule has 0 unspecified atom stereocenters. The Labute approximate surface area is 130 Å². The fourth-order valence-electron chi connectivity index (χ4n) is 2.94. The first-order valence-corrected chi connectivity index (χ1v) is 7.87. The molecule has 2 aliphatic heterocycles. The van der Waals surface area contributed by atoms with Gasteiger partial charge in [0.25, 0.3) is 0 Å². The number of ether oxygens (including phenoxy) is 2. The number of rotatable bonds is 5. The standard InChI is InChI=1S/C16H23N3O3/c17-16(20)2-1-5-18-6-8-19(9-7-18)13-3-4-14-15(12-13)22-11-10-21-14/h3-4,12H,1-2,5-11H2,(H2,17,20). The number of carbonyl (C=O) groups excluding carboxylic acids is 1. The van der Waals surface area contributed by atoms with Crippen LogP contribution < -0.4 is 20.1 Å². The molecule has 0 aromatic heterocycles. The third-order valence-electron chi connectivity index (χ3n) is 4.16. The van der Waals surface area contributed by atoms with Gasteiger partial charge in [-0.05, 0) is 25.1 Å². The first kappa shape index (κ1) is 15.0. The number of hydrogen-bond donors (Lipinski definition) is 1. The van der Waals surface area contributed by atoms with Crippen molar-refractivity contribution >= 4 is 11.6 Å². The van der Waals surface area contributed by atoms with Crippen LogP contribution in [0.4, 0.5) is 5.69 Å². The highest BCUT2D eigenvalue weighted by atomic mass is 16.6. The zero-order chi connectivity index (χ0) is 15.4. The minimum atomic E-state index is -0.213. The quantitative estimate of drug-likeness (QED) is 0.873. The lowest BCUT2D eigenvalue weighted by Crippen LogP contribution is -2.46. The molecule has 0 radical (unpaired) electrons. The summed E-state index contributed by atoms with van der Waals surface area (Å²) in [5.74, 6) is 1.46. The van der Waals surface area contributed by atoms with Crippen molar-refractivity contribution in [3.8, 4) is 11.5 Å². The van der Waals surface area contributed by atoms with Gasteiger partial charge in [0.15, 0.2) is 11.5 Å². The summed E-state index contributed by atoms with van der Waals surface area (Å²) in [6.45, 7) is 6.16. The molecule has 0 aliphatic carbocycles. The normalized spacial score (nSPS) is 18.3. The van der Waals surface area contributed by atoms with Crippen molar-refractivity contribution in [2.24, 2.45) is 5.73 Å². The number of nitrogens with two attached hydrogens (primary N) is 1. The van der Waals surface area contributed by atoms with Crippen LogP contribution in [0.3, 0.4) is 0 Å². The Balaban J connectivity index is 1.52. The topological polar surface area (TPSA) is 68.0 Å². The number of amides is 1. The molecular weight excluding hydrogens is 282 g/mol. The van der Waals surface area contributed by atoms with E-state index in [1.807, 2.05) is 6.07 Å². The van der Waals surface area contributed by atoms with Gasteiger partial charge < -0.3 is 20.1 Å². The van der Waals surface area contributed by atoms with E-state index in [1.54, 1.807) is 0 Å². The van der Waals surface area contributed by atoms with Crippen molar-refractivity contribution in [2.75, 3.05) is 50.8 Å². The molecule has 2 N–H and O–H groups in total. The summed E-state index contributed by atoms with van der Waals surface area (Å²) in [4.78, 5) is 15.5. The van der Waals surface area contributed by atoms with Gasteiger partial charge in [0.2, 0.25) is 5.91 Å². The molecule has 2 aliphatic rings. The molecule has 1 aromatic carbocycles. The van der Waals surface area contributed by atoms with Gasteiger partial charge >= 0.3 is 0 Å². The van der Waals surface area contributed by atoms with E-state index in [0.717, 1.165) is 50.6 Å². The molecule has 1 fully saturated rings. The number of piperazine rings is 1. The second kappa shape index (κ2) is 6.87. The van der Waals surface area contributed by atoms with E-state index in [0.29, 0.717) is 19.6 Å². The Hall–Kier alpha value is -1.95. The van der Waals surface area contributed by atoms with Gasteiger partial charge in [-0.1, -0.05) is 0 Å². The van der Waals surface area contributed by atoms with Crippen LogP contribution in [0.25, 0.3) is 0 Å². The van der Waals surface area contributed by atoms with E-state index in [9.17, 15) is 4.79 Å². The average molecular weight is 305 g/mol. The van der Waals surface area contributed by atoms with Crippen molar-refractivity contribution in [1.82, 2.24) is 4.90 Å². The predicted octanol–water partition coefficient (Wildman–Crippen LogP) is 0.845. The third-order valence-corrected chi connectivity index (χ3v) is 4.16. The third kappa shape index (κ3) is 3.62. The minimum Gasteiger partial charge on any atom is -0.486 e. The van der Waals surface area contributed by atoms with Crippen LogP contribution in [0, 0.1) is 0 Å². The van der Waals surface area contributed by atoms with E-state index in [-0.39, 0.29) is 5.91 Å². The highest BCUT2D eigenvalue weighted by Gasteiger charge is 2.19. The SMILES string of the molecule is NC(=O)CCCN1CCN(c2ccc3c(c2)OCCO3)CC1. The number of anilines is 1. The van der Waals surface area contributed by atoms with E-state index < -0.39 is 0 Å². The maximum absolute atomic E-state index is 10.8. The summed E-state index contributed by atoms with van der Waals surface area (Å²) < 4.78 is 11.2. The van der Waals surface area contributed by atoms with Gasteiger partial charge in [-0.15, -0.1) is 0 Å². The Morgan fingerprint density at radius 3 is 2.55 bits per heavy atom. The summed E-state index contributed by atoms with van der Waals surface area (Å²) in [6.07, 6.45) is 1.32. The number of fused-ring (bicyclic) bond motifs is 1. The monoisotopic (exact) mass is 305 g/mol. The van der Waals surface area contributed by atoms with E-state index in [2.05, 4.69) is 21.9 Å². The van der Waals surface area contributed by atoms with Crippen molar-refractivity contribution in [3.63, 3.8) is 0 Å². The molecule has 6 heteroatoms. The lowest BCUT2D eigenvalue weighted by atomic mass is 10.2. The Morgan fingerprint density at radius 1 is 1.09 bits per heavy atom. The highest BCUT2D eigenvalue weighted by molar-refractivity contribution is 5.73. The number of carbonyl (C=O) groups is 1. The molecule has 3 rings (SSSR count). The van der Waals surface area contributed by atoms with Crippen LogP contribution in [-0.4, -0.2) is 56.7 Å². The fourth-order valence-corrected chi connectivity index (χ4v) is 2.94. The van der Waals surface area contributed by atoms with Crippen LogP contribution in [-0.2, 0) is 4.79 Å². The molecule has 1 aromatic rings. The van der Waals surface area contributed by atoms with Gasteiger partial charge in [0.1, 0.15) is 13.2 Å². The molecule has 0 spiro atoms. The van der Waals surface area contributed by atoms with E-state index >= 15 is 0 Å². The van der Waals surface area contributed by atoms with E-state index in [1.165, 1.54) is 5.69 Å². The molecule has 1 saturated heterocycles. The molecule has 120 valence electrons. The first-order valence-electron chi connectivity index (χ1n) is 7.87. The maximum atomic E-state index is 10.8. The predicted molar refractivity (Wildman–Crippen MR) is 84.5 cm³/mol. The number of primary amides is 1. The Kier molecular flexibility index (Phi) is 4.68. The average Bonchev–Trinajstić information content (AvgIpc) is 2.55. The maximum Gasteiger partial charge on any atom is 0.217 e.